The van der Waals surface area contributed by atoms with Gasteiger partial charge in [0.2, 0.25) is 5.91 Å². The van der Waals surface area contributed by atoms with Gasteiger partial charge in [0.05, 0.1) is 5.92 Å². The summed E-state index contributed by atoms with van der Waals surface area (Å²) in [7, 11) is 0. The number of carbonyl (C=O) groups excluding carboxylic acids is 1. The average molecular weight is 311 g/mol. The Balaban J connectivity index is 2.25. The van der Waals surface area contributed by atoms with Crippen molar-refractivity contribution in [1.29, 1.82) is 0 Å². The van der Waals surface area contributed by atoms with Crippen LogP contribution in [-0.4, -0.2) is 27.9 Å². The fraction of sp³-hybridized carbons (Fsp3) is 0.263. The second kappa shape index (κ2) is 7.58. The third kappa shape index (κ3) is 4.19. The van der Waals surface area contributed by atoms with Crippen molar-refractivity contribution in [3.8, 4) is 0 Å². The van der Waals surface area contributed by atoms with Crippen LogP contribution in [-0.2, 0) is 16.1 Å². The number of aliphatic carboxylic acids is 1. The molecule has 0 radical (unpaired) electrons. The number of carbonyl (C=O) groups is 2. The number of benzene rings is 2. The maximum Gasteiger partial charge on any atom is 0.326 e. The van der Waals surface area contributed by atoms with Gasteiger partial charge in [0.15, 0.2) is 0 Å². The van der Waals surface area contributed by atoms with E-state index in [0.717, 1.165) is 11.1 Å². The number of hydrogen-bond donors (Lipinski definition) is 1. The van der Waals surface area contributed by atoms with Crippen molar-refractivity contribution in [1.82, 2.24) is 4.90 Å². The van der Waals surface area contributed by atoms with Gasteiger partial charge in [0, 0.05) is 6.54 Å². The van der Waals surface area contributed by atoms with E-state index in [1.807, 2.05) is 67.6 Å². The molecule has 120 valence electrons. The van der Waals surface area contributed by atoms with E-state index in [9.17, 15) is 14.7 Å². The molecular weight excluding hydrogens is 290 g/mol. The number of carboxylic acids is 1. The van der Waals surface area contributed by atoms with Crippen molar-refractivity contribution < 1.29 is 14.7 Å². The van der Waals surface area contributed by atoms with E-state index in [-0.39, 0.29) is 18.4 Å². The minimum atomic E-state index is -1.01. The molecular formula is C19H21NO3. The Hall–Kier alpha value is -2.62. The first-order valence-corrected chi connectivity index (χ1v) is 7.63. The lowest BCUT2D eigenvalue weighted by atomic mass is 9.98. The highest BCUT2D eigenvalue weighted by Crippen LogP contribution is 2.21. The molecule has 0 heterocycles. The van der Waals surface area contributed by atoms with Crippen molar-refractivity contribution in [3.05, 3.63) is 71.8 Å². The molecule has 0 fully saturated rings. The Kier molecular flexibility index (Phi) is 5.52. The average Bonchev–Trinajstić information content (AvgIpc) is 2.59. The van der Waals surface area contributed by atoms with Crippen molar-refractivity contribution in [2.45, 2.75) is 32.4 Å². The molecule has 0 saturated carbocycles. The van der Waals surface area contributed by atoms with Crippen LogP contribution in [0.25, 0.3) is 0 Å². The summed E-state index contributed by atoms with van der Waals surface area (Å²) in [5.41, 5.74) is 1.79. The lowest BCUT2D eigenvalue weighted by molar-refractivity contribution is -0.150. The summed E-state index contributed by atoms with van der Waals surface area (Å²) in [6, 6.07) is 18.0. The maximum atomic E-state index is 12.9. The van der Waals surface area contributed by atoms with Gasteiger partial charge in [-0.25, -0.2) is 4.79 Å². The van der Waals surface area contributed by atoms with Gasteiger partial charge in [-0.3, -0.25) is 4.79 Å². The first kappa shape index (κ1) is 16.7. The molecule has 2 rings (SSSR count). The lowest BCUT2D eigenvalue weighted by Gasteiger charge is -2.29. The van der Waals surface area contributed by atoms with Gasteiger partial charge in [0.1, 0.15) is 6.04 Å². The second-order valence-corrected chi connectivity index (χ2v) is 5.60. The molecule has 0 saturated heterocycles. The molecule has 0 aromatic heterocycles. The van der Waals surface area contributed by atoms with Crippen LogP contribution in [0.4, 0.5) is 0 Å². The zero-order chi connectivity index (χ0) is 16.8. The smallest absolute Gasteiger partial charge is 0.326 e. The second-order valence-electron chi connectivity index (χ2n) is 5.60. The Labute approximate surface area is 136 Å². The minimum absolute atomic E-state index is 0.185. The third-order valence-corrected chi connectivity index (χ3v) is 3.97. The largest absolute Gasteiger partial charge is 0.480 e. The molecule has 0 aliphatic carbocycles. The number of nitrogens with zero attached hydrogens (tertiary/aromatic N) is 1. The summed E-state index contributed by atoms with van der Waals surface area (Å²) in [5.74, 6) is -1.58. The van der Waals surface area contributed by atoms with Crippen LogP contribution < -0.4 is 0 Å². The molecule has 2 aromatic rings. The zero-order valence-corrected chi connectivity index (χ0v) is 13.3. The molecule has 1 N–H and O–H groups in total. The summed E-state index contributed by atoms with van der Waals surface area (Å²) in [6.45, 7) is 3.63. The molecule has 4 heteroatoms. The molecule has 0 bridgehead atoms. The van der Waals surface area contributed by atoms with E-state index < -0.39 is 12.0 Å². The number of hydrogen-bond acceptors (Lipinski definition) is 2. The number of rotatable bonds is 6. The predicted molar refractivity (Wildman–Crippen MR) is 88.9 cm³/mol. The summed E-state index contributed by atoms with van der Waals surface area (Å²) >= 11 is 0. The van der Waals surface area contributed by atoms with E-state index in [0.29, 0.717) is 0 Å². The third-order valence-electron chi connectivity index (χ3n) is 3.97. The highest BCUT2D eigenvalue weighted by Gasteiger charge is 2.29. The van der Waals surface area contributed by atoms with Gasteiger partial charge in [-0.2, -0.15) is 0 Å². The van der Waals surface area contributed by atoms with Crippen LogP contribution in [0.5, 0.6) is 0 Å². The summed E-state index contributed by atoms with van der Waals surface area (Å²) < 4.78 is 0. The SMILES string of the molecule is CC(C(=O)O)N(Cc1ccccc1)C(=O)[C@H](C)c1ccccc1. The van der Waals surface area contributed by atoms with E-state index in [2.05, 4.69) is 0 Å². The van der Waals surface area contributed by atoms with Crippen LogP contribution in [0.15, 0.2) is 60.7 Å². The monoisotopic (exact) mass is 311 g/mol. The quantitative estimate of drug-likeness (QED) is 0.890. The van der Waals surface area contributed by atoms with Gasteiger partial charge in [0.25, 0.3) is 0 Å². The van der Waals surface area contributed by atoms with E-state index in [1.165, 1.54) is 4.90 Å². The maximum absolute atomic E-state index is 12.9. The van der Waals surface area contributed by atoms with Gasteiger partial charge in [-0.05, 0) is 25.0 Å². The molecule has 0 aliphatic rings. The minimum Gasteiger partial charge on any atom is -0.480 e. The first-order chi connectivity index (χ1) is 11.0. The first-order valence-electron chi connectivity index (χ1n) is 7.63. The fourth-order valence-corrected chi connectivity index (χ4v) is 2.45. The summed E-state index contributed by atoms with van der Waals surface area (Å²) in [6.07, 6.45) is 0. The van der Waals surface area contributed by atoms with Crippen molar-refractivity contribution in [2.24, 2.45) is 0 Å². The van der Waals surface area contributed by atoms with Crippen molar-refractivity contribution in [2.75, 3.05) is 0 Å². The molecule has 0 aliphatic heterocycles. The predicted octanol–water partition coefficient (Wildman–Crippen LogP) is 3.29. The van der Waals surface area contributed by atoms with E-state index in [4.69, 9.17) is 0 Å². The van der Waals surface area contributed by atoms with Gasteiger partial charge in [-0.15, -0.1) is 0 Å². The van der Waals surface area contributed by atoms with E-state index in [1.54, 1.807) is 6.92 Å². The molecule has 1 unspecified atom stereocenters. The molecule has 4 nitrogen and oxygen atoms in total. The highest BCUT2D eigenvalue weighted by molar-refractivity contribution is 5.87. The van der Waals surface area contributed by atoms with Crippen molar-refractivity contribution in [3.63, 3.8) is 0 Å². The Morgan fingerprint density at radius 3 is 2.00 bits per heavy atom. The van der Waals surface area contributed by atoms with Crippen LogP contribution in [0.1, 0.15) is 30.9 Å². The Bertz CT molecular complexity index is 655. The topological polar surface area (TPSA) is 57.6 Å². The normalized spacial score (nSPS) is 13.1. The fourth-order valence-electron chi connectivity index (χ4n) is 2.45. The summed E-state index contributed by atoms with van der Waals surface area (Å²) in [4.78, 5) is 25.7. The number of amides is 1. The van der Waals surface area contributed by atoms with Gasteiger partial charge >= 0.3 is 5.97 Å². The Morgan fingerprint density at radius 2 is 1.48 bits per heavy atom. The molecule has 0 spiro atoms. The zero-order valence-electron chi connectivity index (χ0n) is 13.3. The van der Waals surface area contributed by atoms with Crippen LogP contribution in [0, 0.1) is 0 Å². The van der Waals surface area contributed by atoms with Gasteiger partial charge < -0.3 is 10.0 Å². The molecule has 2 aromatic carbocycles. The van der Waals surface area contributed by atoms with Crippen LogP contribution in [0.2, 0.25) is 0 Å². The van der Waals surface area contributed by atoms with Crippen molar-refractivity contribution >= 4 is 11.9 Å². The standard InChI is InChI=1S/C19H21NO3/c1-14(17-11-7-4-8-12-17)18(21)20(15(2)19(22)23)13-16-9-5-3-6-10-16/h3-12,14-15H,13H2,1-2H3,(H,22,23)/t14-,15?/m1/s1. The van der Waals surface area contributed by atoms with Gasteiger partial charge in [-0.1, -0.05) is 60.7 Å². The molecule has 1 amide bonds. The highest BCUT2D eigenvalue weighted by atomic mass is 16.4. The summed E-state index contributed by atoms with van der Waals surface area (Å²) in [5, 5.41) is 9.34. The number of carboxylic acid groups (broad SMARTS) is 1. The Morgan fingerprint density at radius 1 is 0.957 bits per heavy atom. The lowest BCUT2D eigenvalue weighted by Crippen LogP contribution is -2.44. The molecule has 2 atom stereocenters. The van der Waals surface area contributed by atoms with Crippen LogP contribution >= 0.6 is 0 Å². The van der Waals surface area contributed by atoms with E-state index >= 15 is 0 Å². The molecule has 23 heavy (non-hydrogen) atoms. The van der Waals surface area contributed by atoms with Crippen LogP contribution in [0.3, 0.4) is 0 Å².